The predicted molar refractivity (Wildman–Crippen MR) is 78.0 cm³/mol. The second kappa shape index (κ2) is 8.14. The van der Waals surface area contributed by atoms with Gasteiger partial charge in [-0.15, -0.1) is 12.4 Å². The Hall–Kier alpha value is -1.60. The first kappa shape index (κ1) is 14.0. The highest BCUT2D eigenvalue weighted by molar-refractivity contribution is 5.85. The molecule has 1 saturated heterocycles. The zero-order valence-corrected chi connectivity index (χ0v) is 12.5. The van der Waals surface area contributed by atoms with Crippen molar-refractivity contribution in [2.45, 2.75) is 25.0 Å². The molecule has 1 aliphatic rings. The molecule has 0 aliphatic carbocycles. The van der Waals surface area contributed by atoms with Gasteiger partial charge in [-0.3, -0.25) is 4.79 Å². The van der Waals surface area contributed by atoms with Gasteiger partial charge in [0.25, 0.3) is 0 Å². The number of methoxy groups -OCH3 is 2. The predicted octanol–water partition coefficient (Wildman–Crippen LogP) is 2.34. The van der Waals surface area contributed by atoms with Crippen molar-refractivity contribution in [1.82, 2.24) is 5.32 Å². The first-order chi connectivity index (χ1) is 11.2. The summed E-state index contributed by atoms with van der Waals surface area (Å²) in [6.07, 6.45) is 0.439. The van der Waals surface area contributed by atoms with Crippen molar-refractivity contribution in [2.24, 2.45) is 0 Å². The van der Waals surface area contributed by atoms with Gasteiger partial charge in [0.1, 0.15) is 6.04 Å². The lowest BCUT2D eigenvalue weighted by atomic mass is 9.96. The monoisotopic (exact) mass is 340 g/mol. The van der Waals surface area contributed by atoms with Gasteiger partial charge >= 0.3 is 12.6 Å². The van der Waals surface area contributed by atoms with Gasteiger partial charge in [0.15, 0.2) is 11.5 Å². The third-order valence-corrected chi connectivity index (χ3v) is 3.38. The topological polar surface area (TPSA) is 56.8 Å². The van der Waals surface area contributed by atoms with E-state index in [0.717, 1.165) is 0 Å². The van der Waals surface area contributed by atoms with Crippen molar-refractivity contribution in [3.05, 3.63) is 23.8 Å². The minimum atomic E-state index is -3.10. The quantitative estimate of drug-likeness (QED) is 0.834. The summed E-state index contributed by atoms with van der Waals surface area (Å²) in [5, 5.41) is 2.99. The number of ether oxygens (including phenoxy) is 3. The number of carbonyl (C=O) groups excluding carboxylic acids is 1. The summed E-state index contributed by atoms with van der Waals surface area (Å²) in [5.41, 5.74) is 0.648. The molecule has 0 bridgehead atoms. The van der Waals surface area contributed by atoms with Crippen LogP contribution in [0.15, 0.2) is 18.2 Å². The first-order valence-electron chi connectivity index (χ1n) is 7.78. The Morgan fingerprint density at radius 2 is 2.23 bits per heavy atom. The Balaban J connectivity index is 0.00000312. The summed E-state index contributed by atoms with van der Waals surface area (Å²) < 4.78 is 60.0. The lowest BCUT2D eigenvalue weighted by Crippen LogP contribution is -2.31. The summed E-state index contributed by atoms with van der Waals surface area (Å²) in [7, 11) is -1.52. The summed E-state index contributed by atoms with van der Waals surface area (Å²) in [6.45, 7) is -2.64. The molecule has 2 atom stereocenters. The van der Waals surface area contributed by atoms with E-state index in [0.29, 0.717) is 18.5 Å². The second-order valence-corrected chi connectivity index (χ2v) is 4.60. The molecule has 1 heterocycles. The molecule has 0 saturated carbocycles. The number of alkyl halides is 2. The number of rotatable bonds is 5. The highest BCUT2D eigenvalue weighted by Gasteiger charge is 2.31. The van der Waals surface area contributed by atoms with Crippen molar-refractivity contribution < 1.29 is 31.9 Å². The van der Waals surface area contributed by atoms with Crippen LogP contribution >= 0.6 is 12.4 Å². The van der Waals surface area contributed by atoms with Gasteiger partial charge in [0.2, 0.25) is 0 Å². The molecule has 1 aliphatic heterocycles. The molecule has 1 aromatic carbocycles. The van der Waals surface area contributed by atoms with E-state index >= 15 is 0 Å². The van der Waals surface area contributed by atoms with Gasteiger partial charge in [-0.05, 0) is 30.0 Å². The standard InChI is InChI=1S/C14H17F2NO4.ClH/c1-19-12-6-8(3-4-11(12)21-14(15)16)9-5-10(17-7-9)13(18)20-2;/h3-4,6,9-10,14,17H,5,7H2,1-2H3;1H/i1D3;. The largest absolute Gasteiger partial charge is 0.493 e. The fourth-order valence-electron chi connectivity index (χ4n) is 2.36. The van der Waals surface area contributed by atoms with E-state index in [1.54, 1.807) is 0 Å². The van der Waals surface area contributed by atoms with Crippen molar-refractivity contribution >= 4 is 18.4 Å². The Kier molecular flexibility index (Phi) is 5.19. The molecule has 2 rings (SSSR count). The van der Waals surface area contributed by atoms with Gasteiger partial charge in [-0.1, -0.05) is 6.07 Å². The molecule has 0 spiro atoms. The minimum Gasteiger partial charge on any atom is -0.493 e. The van der Waals surface area contributed by atoms with Crippen LogP contribution in [0.2, 0.25) is 0 Å². The van der Waals surface area contributed by atoms with Crippen LogP contribution in [0.5, 0.6) is 11.5 Å². The molecular formula is C14H18ClF2NO4. The molecule has 1 aromatic rings. The number of esters is 1. The molecular weight excluding hydrogens is 320 g/mol. The lowest BCUT2D eigenvalue weighted by Gasteiger charge is -2.14. The highest BCUT2D eigenvalue weighted by Crippen LogP contribution is 2.34. The van der Waals surface area contributed by atoms with Gasteiger partial charge in [-0.25, -0.2) is 0 Å². The van der Waals surface area contributed by atoms with Crippen LogP contribution < -0.4 is 14.8 Å². The van der Waals surface area contributed by atoms with E-state index in [2.05, 4.69) is 14.8 Å². The fraction of sp³-hybridized carbons (Fsp3) is 0.500. The molecule has 1 fully saturated rings. The van der Waals surface area contributed by atoms with Crippen LogP contribution in [-0.4, -0.2) is 39.3 Å². The van der Waals surface area contributed by atoms with Crippen LogP contribution in [0.25, 0.3) is 0 Å². The maximum Gasteiger partial charge on any atom is 0.387 e. The molecule has 2 unspecified atom stereocenters. The Morgan fingerprint density at radius 1 is 1.45 bits per heavy atom. The molecule has 8 heteroatoms. The SMILES string of the molecule is Cl.[2H]C([2H])([2H])Oc1cc(C2CNC(C(=O)OC)C2)ccc1OC(F)F. The van der Waals surface area contributed by atoms with Crippen LogP contribution in [0, 0.1) is 0 Å². The van der Waals surface area contributed by atoms with Gasteiger partial charge < -0.3 is 19.5 Å². The van der Waals surface area contributed by atoms with Crippen molar-refractivity contribution in [3.8, 4) is 11.5 Å². The van der Waals surface area contributed by atoms with E-state index in [1.165, 1.54) is 25.3 Å². The van der Waals surface area contributed by atoms with E-state index in [4.69, 9.17) is 8.85 Å². The van der Waals surface area contributed by atoms with Crippen LogP contribution in [0.4, 0.5) is 8.78 Å². The normalized spacial score (nSPS) is 23.0. The number of hydrogen-bond donors (Lipinski definition) is 1. The number of halogens is 3. The molecule has 124 valence electrons. The van der Waals surface area contributed by atoms with Crippen LogP contribution in [0.1, 0.15) is 22.0 Å². The van der Waals surface area contributed by atoms with E-state index < -0.39 is 25.7 Å². The summed E-state index contributed by atoms with van der Waals surface area (Å²) in [4.78, 5) is 11.5. The number of nitrogens with one attached hydrogen (secondary N) is 1. The van der Waals surface area contributed by atoms with E-state index in [9.17, 15) is 13.6 Å². The number of hydrogen-bond acceptors (Lipinski definition) is 5. The average molecular weight is 341 g/mol. The minimum absolute atomic E-state index is 0. The summed E-state index contributed by atoms with van der Waals surface area (Å²) in [5.74, 6) is -1.17. The van der Waals surface area contributed by atoms with Crippen molar-refractivity contribution in [1.29, 1.82) is 0 Å². The Labute approximate surface area is 137 Å². The van der Waals surface area contributed by atoms with Gasteiger partial charge in [0.05, 0.1) is 18.3 Å². The second-order valence-electron chi connectivity index (χ2n) is 4.60. The Morgan fingerprint density at radius 3 is 2.86 bits per heavy atom. The molecule has 0 radical (unpaired) electrons. The van der Waals surface area contributed by atoms with E-state index in [1.807, 2.05) is 0 Å². The Bertz CT molecular complexity index is 604. The van der Waals surface area contributed by atoms with E-state index in [-0.39, 0.29) is 29.8 Å². The summed E-state index contributed by atoms with van der Waals surface area (Å²) >= 11 is 0. The van der Waals surface area contributed by atoms with Crippen LogP contribution in [-0.2, 0) is 9.53 Å². The highest BCUT2D eigenvalue weighted by atomic mass is 35.5. The van der Waals surface area contributed by atoms with Crippen molar-refractivity contribution in [3.63, 3.8) is 0 Å². The maximum absolute atomic E-state index is 12.4. The molecule has 0 amide bonds. The van der Waals surface area contributed by atoms with Crippen LogP contribution in [0.3, 0.4) is 0 Å². The first-order valence-corrected chi connectivity index (χ1v) is 6.28. The van der Waals surface area contributed by atoms with Gasteiger partial charge in [0, 0.05) is 6.54 Å². The zero-order valence-electron chi connectivity index (χ0n) is 14.7. The molecule has 0 aromatic heterocycles. The van der Waals surface area contributed by atoms with Crippen molar-refractivity contribution in [2.75, 3.05) is 20.7 Å². The van der Waals surface area contributed by atoms with Gasteiger partial charge in [-0.2, -0.15) is 8.78 Å². The molecule has 22 heavy (non-hydrogen) atoms. The zero-order chi connectivity index (χ0) is 17.9. The number of carbonyl (C=O) groups is 1. The fourth-order valence-corrected chi connectivity index (χ4v) is 2.36. The lowest BCUT2D eigenvalue weighted by molar-refractivity contribution is -0.142. The number of benzene rings is 1. The third-order valence-electron chi connectivity index (χ3n) is 3.38. The third kappa shape index (κ3) is 4.20. The summed E-state index contributed by atoms with van der Waals surface area (Å²) in [6, 6.07) is 3.64. The molecule has 1 N–H and O–H groups in total. The maximum atomic E-state index is 12.4. The molecule has 5 nitrogen and oxygen atoms in total. The average Bonchev–Trinajstić information content (AvgIpc) is 2.96. The smallest absolute Gasteiger partial charge is 0.387 e.